The number of non-ortho nitro benzene ring substituents is 1. The smallest absolute Gasteiger partial charge is 0.269 e. The van der Waals surface area contributed by atoms with Gasteiger partial charge < -0.3 is 10.1 Å². The van der Waals surface area contributed by atoms with Gasteiger partial charge in [0.2, 0.25) is 15.9 Å². The summed E-state index contributed by atoms with van der Waals surface area (Å²) in [5.41, 5.74) is 0.715. The molecule has 0 aromatic heterocycles. The van der Waals surface area contributed by atoms with Gasteiger partial charge >= 0.3 is 0 Å². The summed E-state index contributed by atoms with van der Waals surface area (Å²) in [6.45, 7) is 3.03. The van der Waals surface area contributed by atoms with Gasteiger partial charge in [-0.2, -0.15) is 4.31 Å². The summed E-state index contributed by atoms with van der Waals surface area (Å²) < 4.78 is 32.3. The Kier molecular flexibility index (Phi) is 7.24. The number of rotatable bonds is 8. The quantitative estimate of drug-likeness (QED) is 0.491. The largest absolute Gasteiger partial charge is 0.494 e. The molecule has 0 radical (unpaired) electrons. The second-order valence-corrected chi connectivity index (χ2v) is 9.19. The lowest BCUT2D eigenvalue weighted by Gasteiger charge is -2.31. The number of nitro benzene ring substituents is 1. The molecule has 0 spiro atoms. The Bertz CT molecular complexity index is 1010. The van der Waals surface area contributed by atoms with Gasteiger partial charge in [0, 0.05) is 31.3 Å². The van der Waals surface area contributed by atoms with Crippen molar-refractivity contribution in [2.24, 2.45) is 0 Å². The van der Waals surface area contributed by atoms with E-state index < -0.39 is 14.9 Å². The third kappa shape index (κ3) is 5.80. The number of ether oxygens (including phenoxy) is 1. The molecule has 2 aromatic carbocycles. The van der Waals surface area contributed by atoms with Crippen LogP contribution in [0.15, 0.2) is 53.4 Å². The van der Waals surface area contributed by atoms with Crippen LogP contribution in [0.25, 0.3) is 0 Å². The summed E-state index contributed by atoms with van der Waals surface area (Å²) in [5.74, 6) is 0.647. The minimum atomic E-state index is -3.73. The van der Waals surface area contributed by atoms with Crippen LogP contribution in [0.5, 0.6) is 5.75 Å². The van der Waals surface area contributed by atoms with Crippen molar-refractivity contribution in [1.29, 1.82) is 0 Å². The van der Waals surface area contributed by atoms with Crippen LogP contribution < -0.4 is 10.1 Å². The number of nitrogens with zero attached hydrogens (tertiary/aromatic N) is 2. The van der Waals surface area contributed by atoms with Crippen molar-refractivity contribution in [2.75, 3.05) is 19.7 Å². The van der Waals surface area contributed by atoms with Crippen LogP contribution in [0, 0.1) is 10.1 Å². The van der Waals surface area contributed by atoms with E-state index in [1.54, 1.807) is 0 Å². The predicted molar refractivity (Wildman–Crippen MR) is 114 cm³/mol. The first-order valence-corrected chi connectivity index (χ1v) is 11.5. The summed E-state index contributed by atoms with van der Waals surface area (Å²) in [5, 5.41) is 13.7. The van der Waals surface area contributed by atoms with E-state index in [9.17, 15) is 23.3 Å². The number of carbonyl (C=O) groups excluding carboxylic acids is 1. The van der Waals surface area contributed by atoms with Crippen LogP contribution in [0.1, 0.15) is 25.3 Å². The van der Waals surface area contributed by atoms with Crippen molar-refractivity contribution in [3.05, 3.63) is 64.2 Å². The molecule has 2 aromatic rings. The van der Waals surface area contributed by atoms with Crippen molar-refractivity contribution in [3.63, 3.8) is 0 Å². The number of nitrogens with one attached hydrogen (secondary N) is 1. The van der Waals surface area contributed by atoms with Gasteiger partial charge in [0.1, 0.15) is 5.75 Å². The highest BCUT2D eigenvalue weighted by Gasteiger charge is 2.30. The molecule has 10 heteroatoms. The van der Waals surface area contributed by atoms with Crippen LogP contribution in [0.2, 0.25) is 0 Å². The molecular weight excluding hydrogens is 422 g/mol. The Morgan fingerprint density at radius 2 is 1.74 bits per heavy atom. The molecule has 0 saturated carbocycles. The molecule has 31 heavy (non-hydrogen) atoms. The van der Waals surface area contributed by atoms with E-state index in [0.29, 0.717) is 19.4 Å². The summed E-state index contributed by atoms with van der Waals surface area (Å²) >= 11 is 0. The third-order valence-corrected chi connectivity index (χ3v) is 7.02. The Morgan fingerprint density at radius 1 is 1.13 bits per heavy atom. The first-order chi connectivity index (χ1) is 14.8. The molecule has 1 saturated heterocycles. The number of piperidine rings is 1. The fourth-order valence-corrected chi connectivity index (χ4v) is 4.93. The zero-order valence-corrected chi connectivity index (χ0v) is 18.0. The Balaban J connectivity index is 1.51. The molecule has 1 fully saturated rings. The van der Waals surface area contributed by atoms with E-state index in [0.717, 1.165) is 11.3 Å². The van der Waals surface area contributed by atoms with Gasteiger partial charge in [-0.1, -0.05) is 12.1 Å². The minimum absolute atomic E-state index is 0.0242. The summed E-state index contributed by atoms with van der Waals surface area (Å²) in [6, 6.07) is 12.1. The fraction of sp³-hybridized carbons (Fsp3) is 0.381. The topological polar surface area (TPSA) is 119 Å². The zero-order chi connectivity index (χ0) is 22.4. The molecule has 1 heterocycles. The SMILES string of the molecule is CCOc1ccc(CC(=O)NC2CCN(S(=O)(=O)c3ccc([N+](=O)[O-])cc3)CC2)cc1. The molecule has 0 bridgehead atoms. The molecule has 1 N–H and O–H groups in total. The number of sulfonamides is 1. The molecule has 0 atom stereocenters. The lowest BCUT2D eigenvalue weighted by atomic mass is 10.1. The number of nitro groups is 1. The maximum atomic E-state index is 12.8. The number of carbonyl (C=O) groups is 1. The van der Waals surface area contributed by atoms with Gasteiger partial charge in [0.15, 0.2) is 0 Å². The van der Waals surface area contributed by atoms with Crippen LogP contribution >= 0.6 is 0 Å². The summed E-state index contributed by atoms with van der Waals surface area (Å²) in [7, 11) is -3.73. The molecule has 1 aliphatic rings. The highest BCUT2D eigenvalue weighted by Crippen LogP contribution is 2.23. The van der Waals surface area contributed by atoms with E-state index in [1.807, 2.05) is 31.2 Å². The van der Waals surface area contributed by atoms with Crippen molar-refractivity contribution >= 4 is 21.6 Å². The first kappa shape index (κ1) is 22.7. The molecule has 0 unspecified atom stereocenters. The molecule has 9 nitrogen and oxygen atoms in total. The van der Waals surface area contributed by atoms with E-state index >= 15 is 0 Å². The van der Waals surface area contributed by atoms with Gasteiger partial charge in [-0.3, -0.25) is 14.9 Å². The maximum absolute atomic E-state index is 12.8. The van der Waals surface area contributed by atoms with E-state index in [-0.39, 0.29) is 42.0 Å². The molecular formula is C21H25N3O6S. The van der Waals surface area contributed by atoms with Crippen molar-refractivity contribution in [1.82, 2.24) is 9.62 Å². The van der Waals surface area contributed by atoms with Gasteiger partial charge in [0.05, 0.1) is 22.8 Å². The number of amides is 1. The van der Waals surface area contributed by atoms with Crippen LogP contribution in [-0.4, -0.2) is 49.3 Å². The molecule has 0 aliphatic carbocycles. The Hall–Kier alpha value is -2.98. The fourth-order valence-electron chi connectivity index (χ4n) is 3.46. The minimum Gasteiger partial charge on any atom is -0.494 e. The van der Waals surface area contributed by atoms with E-state index in [2.05, 4.69) is 5.32 Å². The standard InChI is InChI=1S/C21H25N3O6S/c1-2-30-19-7-3-16(4-8-19)15-21(25)22-17-11-13-23(14-12-17)31(28,29)20-9-5-18(6-10-20)24(26)27/h3-10,17H,2,11-15H2,1H3,(H,22,25). The van der Waals surface area contributed by atoms with Gasteiger partial charge in [-0.05, 0) is 49.6 Å². The zero-order valence-electron chi connectivity index (χ0n) is 17.2. The maximum Gasteiger partial charge on any atom is 0.269 e. The average Bonchev–Trinajstić information content (AvgIpc) is 2.76. The van der Waals surface area contributed by atoms with Crippen molar-refractivity contribution < 1.29 is 22.9 Å². The molecule has 1 aliphatic heterocycles. The number of hydrogen-bond donors (Lipinski definition) is 1. The number of benzene rings is 2. The number of hydrogen-bond acceptors (Lipinski definition) is 6. The molecule has 166 valence electrons. The second-order valence-electron chi connectivity index (χ2n) is 7.25. The van der Waals surface area contributed by atoms with Crippen LogP contribution in [0.3, 0.4) is 0 Å². The normalized spacial score (nSPS) is 15.4. The Labute approximate surface area is 181 Å². The Morgan fingerprint density at radius 3 is 2.29 bits per heavy atom. The van der Waals surface area contributed by atoms with Crippen molar-refractivity contribution in [3.8, 4) is 5.75 Å². The van der Waals surface area contributed by atoms with Gasteiger partial charge in [-0.15, -0.1) is 0 Å². The highest BCUT2D eigenvalue weighted by atomic mass is 32.2. The van der Waals surface area contributed by atoms with E-state index in [1.165, 1.54) is 28.6 Å². The van der Waals surface area contributed by atoms with Gasteiger partial charge in [0.25, 0.3) is 5.69 Å². The van der Waals surface area contributed by atoms with Gasteiger partial charge in [-0.25, -0.2) is 8.42 Å². The first-order valence-electron chi connectivity index (χ1n) is 10.1. The lowest BCUT2D eigenvalue weighted by Crippen LogP contribution is -2.46. The molecule has 3 rings (SSSR count). The van der Waals surface area contributed by atoms with Crippen molar-refractivity contribution in [2.45, 2.75) is 37.1 Å². The van der Waals surface area contributed by atoms with Crippen LogP contribution in [-0.2, 0) is 21.2 Å². The summed E-state index contributed by atoms with van der Waals surface area (Å²) in [4.78, 5) is 22.6. The third-order valence-electron chi connectivity index (χ3n) is 5.10. The monoisotopic (exact) mass is 447 g/mol. The second kappa shape index (κ2) is 9.88. The lowest BCUT2D eigenvalue weighted by molar-refractivity contribution is -0.384. The van der Waals surface area contributed by atoms with E-state index in [4.69, 9.17) is 4.74 Å². The average molecular weight is 448 g/mol. The van der Waals surface area contributed by atoms with Crippen LogP contribution in [0.4, 0.5) is 5.69 Å². The predicted octanol–water partition coefficient (Wildman–Crippen LogP) is 2.51. The molecule has 1 amide bonds. The summed E-state index contributed by atoms with van der Waals surface area (Å²) in [6.07, 6.45) is 1.25. The highest BCUT2D eigenvalue weighted by molar-refractivity contribution is 7.89.